The Kier molecular flexibility index (Phi) is 5.44. The van der Waals surface area contributed by atoms with Crippen molar-refractivity contribution in [2.45, 2.75) is 38.6 Å². The molecule has 0 saturated carbocycles. The summed E-state index contributed by atoms with van der Waals surface area (Å²) in [5.74, 6) is 0.683. The number of benzene rings is 1. The number of hydrogen-bond donors (Lipinski definition) is 2. The molecule has 0 radical (unpaired) electrons. The van der Waals surface area contributed by atoms with Crippen molar-refractivity contribution in [3.63, 3.8) is 0 Å². The number of piperidine rings is 1. The van der Waals surface area contributed by atoms with E-state index < -0.39 is 0 Å². The molecule has 2 heterocycles. The second-order valence-corrected chi connectivity index (χ2v) is 7.22. The summed E-state index contributed by atoms with van der Waals surface area (Å²) >= 11 is 6.13. The molecule has 23 heavy (non-hydrogen) atoms. The van der Waals surface area contributed by atoms with Crippen molar-refractivity contribution in [3.05, 3.63) is 28.8 Å². The molecule has 1 aromatic carbocycles. The molecule has 2 saturated heterocycles. The molecular weight excluding hydrogens is 310 g/mol. The fourth-order valence-electron chi connectivity index (χ4n) is 3.59. The van der Waals surface area contributed by atoms with Gasteiger partial charge in [-0.1, -0.05) is 24.1 Å². The normalized spacial score (nSPS) is 24.7. The van der Waals surface area contributed by atoms with Gasteiger partial charge in [-0.2, -0.15) is 0 Å². The maximum atomic E-state index is 12.2. The Morgan fingerprint density at radius 1 is 1.39 bits per heavy atom. The molecule has 2 aliphatic rings. The number of anilines is 1. The van der Waals surface area contributed by atoms with E-state index in [2.05, 4.69) is 28.5 Å². The Bertz CT molecular complexity index is 557. The van der Waals surface area contributed by atoms with E-state index in [1.165, 1.54) is 17.7 Å². The Hall–Kier alpha value is -1.26. The molecule has 2 aliphatic heterocycles. The molecule has 0 aliphatic carbocycles. The van der Waals surface area contributed by atoms with Crippen LogP contribution in [0.25, 0.3) is 0 Å². The lowest BCUT2D eigenvalue weighted by atomic mass is 10.0. The fraction of sp³-hybridized carbons (Fsp3) is 0.611. The molecule has 3 rings (SSSR count). The van der Waals surface area contributed by atoms with Crippen molar-refractivity contribution in [1.82, 2.24) is 10.6 Å². The largest absolute Gasteiger partial charge is 0.371 e. The van der Waals surface area contributed by atoms with E-state index in [1.54, 1.807) is 0 Å². The van der Waals surface area contributed by atoms with E-state index in [9.17, 15) is 4.79 Å². The maximum Gasteiger partial charge on any atom is 0.237 e. The highest BCUT2D eigenvalue weighted by molar-refractivity contribution is 6.30. The van der Waals surface area contributed by atoms with Crippen LogP contribution in [0.1, 0.15) is 31.2 Å². The number of aryl methyl sites for hydroxylation is 1. The average molecular weight is 336 g/mol. The zero-order valence-corrected chi connectivity index (χ0v) is 14.5. The van der Waals surface area contributed by atoms with Crippen LogP contribution in [0.15, 0.2) is 18.2 Å². The third-order valence-electron chi connectivity index (χ3n) is 4.99. The van der Waals surface area contributed by atoms with Gasteiger partial charge in [0.05, 0.1) is 6.04 Å². The Morgan fingerprint density at radius 2 is 2.26 bits per heavy atom. The molecule has 1 aromatic rings. The van der Waals surface area contributed by atoms with Gasteiger partial charge in [-0.05, 0) is 56.3 Å². The molecule has 4 nitrogen and oxygen atoms in total. The number of rotatable bonds is 4. The summed E-state index contributed by atoms with van der Waals surface area (Å²) < 4.78 is 0. The van der Waals surface area contributed by atoms with Gasteiger partial charge in [0.25, 0.3) is 0 Å². The quantitative estimate of drug-likeness (QED) is 0.889. The molecule has 2 atom stereocenters. The van der Waals surface area contributed by atoms with Crippen molar-refractivity contribution in [3.8, 4) is 0 Å². The topological polar surface area (TPSA) is 44.4 Å². The molecule has 5 heteroatoms. The first kappa shape index (κ1) is 16.6. The van der Waals surface area contributed by atoms with Gasteiger partial charge >= 0.3 is 0 Å². The molecule has 1 unspecified atom stereocenters. The van der Waals surface area contributed by atoms with Crippen LogP contribution in [-0.4, -0.2) is 38.1 Å². The maximum absolute atomic E-state index is 12.2. The summed E-state index contributed by atoms with van der Waals surface area (Å²) in [7, 11) is 0. The van der Waals surface area contributed by atoms with E-state index in [0.29, 0.717) is 5.92 Å². The lowest BCUT2D eigenvalue weighted by Crippen LogP contribution is -2.47. The summed E-state index contributed by atoms with van der Waals surface area (Å²) in [4.78, 5) is 14.6. The highest BCUT2D eigenvalue weighted by Gasteiger charge is 2.26. The minimum Gasteiger partial charge on any atom is -0.371 e. The molecule has 0 spiro atoms. The Labute approximate surface area is 143 Å². The van der Waals surface area contributed by atoms with Gasteiger partial charge in [0.1, 0.15) is 0 Å². The lowest BCUT2D eigenvalue weighted by molar-refractivity contribution is -0.123. The second-order valence-electron chi connectivity index (χ2n) is 6.78. The molecule has 0 bridgehead atoms. The minimum atomic E-state index is 0.0106. The van der Waals surface area contributed by atoms with Crippen LogP contribution in [0, 0.1) is 12.8 Å². The van der Waals surface area contributed by atoms with Gasteiger partial charge in [0.15, 0.2) is 0 Å². The van der Waals surface area contributed by atoms with Gasteiger partial charge in [0, 0.05) is 30.3 Å². The lowest BCUT2D eigenvalue weighted by Gasteiger charge is -2.24. The second kappa shape index (κ2) is 7.54. The van der Waals surface area contributed by atoms with E-state index >= 15 is 0 Å². The van der Waals surface area contributed by atoms with Crippen molar-refractivity contribution in [2.24, 2.45) is 5.92 Å². The van der Waals surface area contributed by atoms with Crippen LogP contribution >= 0.6 is 11.6 Å². The highest BCUT2D eigenvalue weighted by Crippen LogP contribution is 2.29. The van der Waals surface area contributed by atoms with Crippen LogP contribution in [0.3, 0.4) is 0 Å². The zero-order valence-electron chi connectivity index (χ0n) is 13.8. The van der Waals surface area contributed by atoms with Crippen molar-refractivity contribution < 1.29 is 4.79 Å². The van der Waals surface area contributed by atoms with E-state index in [4.69, 9.17) is 11.6 Å². The zero-order chi connectivity index (χ0) is 16.2. The summed E-state index contributed by atoms with van der Waals surface area (Å²) in [6.07, 6.45) is 4.41. The Morgan fingerprint density at radius 3 is 3.04 bits per heavy atom. The number of nitrogens with zero attached hydrogens (tertiary/aromatic N) is 1. The third kappa shape index (κ3) is 4.18. The first-order valence-corrected chi connectivity index (χ1v) is 9.03. The van der Waals surface area contributed by atoms with Crippen molar-refractivity contribution >= 4 is 23.2 Å². The molecular formula is C18H26ClN3O. The predicted molar refractivity (Wildman–Crippen MR) is 95.2 cm³/mol. The standard InChI is InChI=1S/C18H26ClN3O/c1-13-5-6-15(19)10-17(13)22-9-7-14(12-22)11-21-18(23)16-4-2-3-8-20-16/h5-6,10,14,16,20H,2-4,7-9,11-12H2,1H3,(H,21,23)/t14?,16-/m1/s1. The van der Waals surface area contributed by atoms with Crippen LogP contribution in [0.4, 0.5) is 5.69 Å². The van der Waals surface area contributed by atoms with Gasteiger partial charge in [0.2, 0.25) is 5.91 Å². The van der Waals surface area contributed by atoms with Crippen LogP contribution in [-0.2, 0) is 4.79 Å². The van der Waals surface area contributed by atoms with Crippen LogP contribution in [0.2, 0.25) is 5.02 Å². The molecule has 2 fully saturated rings. The minimum absolute atomic E-state index is 0.0106. The molecule has 126 valence electrons. The summed E-state index contributed by atoms with van der Waals surface area (Å²) in [5.41, 5.74) is 2.48. The van der Waals surface area contributed by atoms with Crippen molar-refractivity contribution in [1.29, 1.82) is 0 Å². The number of carbonyl (C=O) groups is 1. The van der Waals surface area contributed by atoms with Crippen LogP contribution < -0.4 is 15.5 Å². The average Bonchev–Trinajstić information content (AvgIpc) is 3.04. The first-order chi connectivity index (χ1) is 11.1. The van der Waals surface area contributed by atoms with E-state index in [-0.39, 0.29) is 11.9 Å². The summed E-state index contributed by atoms with van der Waals surface area (Å²) in [5, 5.41) is 7.23. The van der Waals surface area contributed by atoms with Gasteiger partial charge in [-0.25, -0.2) is 0 Å². The third-order valence-corrected chi connectivity index (χ3v) is 5.22. The van der Waals surface area contributed by atoms with Crippen LogP contribution in [0.5, 0.6) is 0 Å². The first-order valence-electron chi connectivity index (χ1n) is 8.65. The number of nitrogens with one attached hydrogen (secondary N) is 2. The van der Waals surface area contributed by atoms with Gasteiger partial charge in [-0.15, -0.1) is 0 Å². The summed E-state index contributed by atoms with van der Waals surface area (Å²) in [6, 6.07) is 6.06. The molecule has 2 N–H and O–H groups in total. The smallest absolute Gasteiger partial charge is 0.237 e. The SMILES string of the molecule is Cc1ccc(Cl)cc1N1CCC(CNC(=O)[C@H]2CCCCN2)C1. The summed E-state index contributed by atoms with van der Waals surface area (Å²) in [6.45, 7) is 5.87. The van der Waals surface area contributed by atoms with Gasteiger partial charge in [-0.3, -0.25) is 4.79 Å². The molecule has 0 aromatic heterocycles. The number of hydrogen-bond acceptors (Lipinski definition) is 3. The Balaban J connectivity index is 1.50. The van der Waals surface area contributed by atoms with E-state index in [1.807, 2.05) is 12.1 Å². The van der Waals surface area contributed by atoms with Gasteiger partial charge < -0.3 is 15.5 Å². The monoisotopic (exact) mass is 335 g/mol. The van der Waals surface area contributed by atoms with Crippen molar-refractivity contribution in [2.75, 3.05) is 31.1 Å². The predicted octanol–water partition coefficient (Wildman–Crippen LogP) is 2.73. The fourth-order valence-corrected chi connectivity index (χ4v) is 3.75. The number of halogens is 1. The number of carbonyl (C=O) groups excluding carboxylic acids is 1. The number of amides is 1. The highest BCUT2D eigenvalue weighted by atomic mass is 35.5. The van der Waals surface area contributed by atoms with E-state index in [0.717, 1.165) is 50.5 Å². The molecule has 1 amide bonds.